The molecule has 86 valence electrons. The number of aliphatic hydroxyl groups is 1. The van der Waals surface area contributed by atoms with Crippen LogP contribution in [0.15, 0.2) is 24.3 Å². The first kappa shape index (κ1) is 12.1. The molecule has 6 heteroatoms. The highest BCUT2D eigenvalue weighted by Gasteiger charge is 2.19. The first-order chi connectivity index (χ1) is 7.52. The van der Waals surface area contributed by atoms with Crippen molar-refractivity contribution in [3.05, 3.63) is 39.9 Å². The topological polar surface area (TPSA) is 101 Å². The van der Waals surface area contributed by atoms with E-state index in [9.17, 15) is 20.0 Å². The summed E-state index contributed by atoms with van der Waals surface area (Å²) in [6, 6.07) is 5.75. The molecule has 0 fully saturated rings. The van der Waals surface area contributed by atoms with Gasteiger partial charge in [0.15, 0.2) is 0 Å². The number of hydrogen-bond donors (Lipinski definition) is 2. The van der Waals surface area contributed by atoms with Gasteiger partial charge in [0, 0.05) is 12.5 Å². The van der Waals surface area contributed by atoms with Crippen LogP contribution in [0.5, 0.6) is 0 Å². The molecule has 0 heterocycles. The Labute approximate surface area is 91.3 Å². The first-order valence-corrected chi connectivity index (χ1v) is 4.65. The molecule has 16 heavy (non-hydrogen) atoms. The van der Waals surface area contributed by atoms with E-state index >= 15 is 0 Å². The lowest BCUT2D eigenvalue weighted by Crippen LogP contribution is -2.05. The summed E-state index contributed by atoms with van der Waals surface area (Å²) in [6.07, 6.45) is -1.40. The van der Waals surface area contributed by atoms with E-state index in [2.05, 4.69) is 0 Å². The molecule has 0 aliphatic carbocycles. The van der Waals surface area contributed by atoms with Crippen molar-refractivity contribution in [2.24, 2.45) is 0 Å². The number of para-hydroxylation sites is 1. The average Bonchev–Trinajstić information content (AvgIpc) is 2.25. The minimum Gasteiger partial charge on any atom is -0.481 e. The van der Waals surface area contributed by atoms with Gasteiger partial charge in [0.25, 0.3) is 5.69 Å². The quantitative estimate of drug-likeness (QED) is 0.584. The molecule has 0 saturated carbocycles. The maximum Gasteiger partial charge on any atom is 0.303 e. The van der Waals surface area contributed by atoms with Gasteiger partial charge in [-0.05, 0) is 12.5 Å². The highest BCUT2D eigenvalue weighted by Crippen LogP contribution is 2.27. The molecule has 1 atom stereocenters. The molecule has 0 amide bonds. The molecular formula is C10H11NO5. The van der Waals surface area contributed by atoms with Gasteiger partial charge < -0.3 is 10.2 Å². The molecule has 1 aromatic carbocycles. The fourth-order valence-electron chi connectivity index (χ4n) is 1.35. The fraction of sp³-hybridized carbons (Fsp3) is 0.300. The summed E-state index contributed by atoms with van der Waals surface area (Å²) in [4.78, 5) is 20.4. The fourth-order valence-corrected chi connectivity index (χ4v) is 1.35. The van der Waals surface area contributed by atoms with Crippen molar-refractivity contribution in [2.45, 2.75) is 18.9 Å². The van der Waals surface area contributed by atoms with Crippen LogP contribution in [0.25, 0.3) is 0 Å². The van der Waals surface area contributed by atoms with Gasteiger partial charge in [-0.25, -0.2) is 0 Å². The van der Waals surface area contributed by atoms with Crippen LogP contribution in [0, 0.1) is 10.1 Å². The third-order valence-corrected chi connectivity index (χ3v) is 2.12. The van der Waals surface area contributed by atoms with E-state index in [1.807, 2.05) is 0 Å². The Kier molecular flexibility index (Phi) is 3.96. The summed E-state index contributed by atoms with van der Waals surface area (Å²) < 4.78 is 0. The third kappa shape index (κ3) is 3.03. The number of carboxylic acid groups (broad SMARTS) is 1. The van der Waals surface area contributed by atoms with Crippen LogP contribution in [0.4, 0.5) is 5.69 Å². The van der Waals surface area contributed by atoms with Crippen LogP contribution in [-0.2, 0) is 4.79 Å². The number of nitro benzene ring substituents is 1. The number of nitrogens with zero attached hydrogens (tertiary/aromatic N) is 1. The molecule has 0 aliphatic rings. The summed E-state index contributed by atoms with van der Waals surface area (Å²) in [6.45, 7) is 0. The number of benzene rings is 1. The largest absolute Gasteiger partial charge is 0.481 e. The van der Waals surface area contributed by atoms with Crippen molar-refractivity contribution in [2.75, 3.05) is 0 Å². The molecule has 0 radical (unpaired) electrons. The highest BCUT2D eigenvalue weighted by molar-refractivity contribution is 5.66. The van der Waals surface area contributed by atoms with Gasteiger partial charge in [0.2, 0.25) is 0 Å². The maximum absolute atomic E-state index is 10.6. The van der Waals surface area contributed by atoms with E-state index in [-0.39, 0.29) is 24.1 Å². The minimum absolute atomic E-state index is 0.0415. The molecular weight excluding hydrogens is 214 g/mol. The van der Waals surface area contributed by atoms with Crippen LogP contribution in [0.3, 0.4) is 0 Å². The van der Waals surface area contributed by atoms with Gasteiger partial charge in [-0.15, -0.1) is 0 Å². The summed E-state index contributed by atoms with van der Waals surface area (Å²) in [5.41, 5.74) is -0.0471. The van der Waals surface area contributed by atoms with Gasteiger partial charge in [-0.1, -0.05) is 12.1 Å². The molecule has 1 unspecified atom stereocenters. The Morgan fingerprint density at radius 3 is 2.62 bits per heavy atom. The predicted octanol–water partition coefficient (Wildman–Crippen LogP) is 1.49. The number of nitro groups is 1. The molecule has 6 nitrogen and oxygen atoms in total. The van der Waals surface area contributed by atoms with Gasteiger partial charge in [-0.3, -0.25) is 14.9 Å². The summed E-state index contributed by atoms with van der Waals surface area (Å²) in [5, 5.41) is 28.7. The van der Waals surface area contributed by atoms with E-state index in [0.717, 1.165) is 0 Å². The monoisotopic (exact) mass is 225 g/mol. The summed E-state index contributed by atoms with van der Waals surface area (Å²) in [7, 11) is 0. The Hall–Kier alpha value is -1.95. The predicted molar refractivity (Wildman–Crippen MR) is 54.9 cm³/mol. The molecule has 1 rings (SSSR count). The third-order valence-electron chi connectivity index (χ3n) is 2.12. The van der Waals surface area contributed by atoms with Crippen LogP contribution in [0.2, 0.25) is 0 Å². The van der Waals surface area contributed by atoms with Crippen molar-refractivity contribution in [1.29, 1.82) is 0 Å². The van der Waals surface area contributed by atoms with Gasteiger partial charge in [0.1, 0.15) is 0 Å². The lowest BCUT2D eigenvalue weighted by Gasteiger charge is -2.09. The lowest BCUT2D eigenvalue weighted by atomic mass is 10.0. The van der Waals surface area contributed by atoms with Crippen LogP contribution >= 0.6 is 0 Å². The summed E-state index contributed by atoms with van der Waals surface area (Å²) >= 11 is 0. The second-order valence-corrected chi connectivity index (χ2v) is 3.26. The van der Waals surface area contributed by atoms with Crippen molar-refractivity contribution in [3.63, 3.8) is 0 Å². The average molecular weight is 225 g/mol. The smallest absolute Gasteiger partial charge is 0.303 e. The molecule has 1 aromatic rings. The molecule has 0 aromatic heterocycles. The Bertz CT molecular complexity index is 404. The van der Waals surface area contributed by atoms with Crippen molar-refractivity contribution in [3.8, 4) is 0 Å². The Balaban J connectivity index is 2.85. The van der Waals surface area contributed by atoms with Crippen molar-refractivity contribution >= 4 is 11.7 Å². The van der Waals surface area contributed by atoms with Gasteiger partial charge in [-0.2, -0.15) is 0 Å². The molecule has 2 N–H and O–H groups in total. The minimum atomic E-state index is -1.13. The number of aliphatic hydroxyl groups excluding tert-OH is 1. The normalized spacial score (nSPS) is 12.1. The van der Waals surface area contributed by atoms with Crippen LogP contribution in [0.1, 0.15) is 24.5 Å². The van der Waals surface area contributed by atoms with E-state index in [1.54, 1.807) is 6.07 Å². The van der Waals surface area contributed by atoms with Gasteiger partial charge in [0.05, 0.1) is 16.6 Å². The van der Waals surface area contributed by atoms with E-state index in [1.165, 1.54) is 18.2 Å². The second-order valence-electron chi connectivity index (χ2n) is 3.26. The number of carbonyl (C=O) groups is 1. The van der Waals surface area contributed by atoms with Crippen molar-refractivity contribution in [1.82, 2.24) is 0 Å². The molecule has 0 bridgehead atoms. The molecule has 0 saturated heterocycles. The number of aliphatic carboxylic acids is 1. The maximum atomic E-state index is 10.6. The standard InChI is InChI=1S/C10H11NO5/c12-9(5-6-10(13)14)7-3-1-2-4-8(7)11(15)16/h1-4,9,12H,5-6H2,(H,13,14). The molecule has 0 spiro atoms. The number of hydrogen-bond acceptors (Lipinski definition) is 4. The second kappa shape index (κ2) is 5.22. The van der Waals surface area contributed by atoms with E-state index in [4.69, 9.17) is 5.11 Å². The lowest BCUT2D eigenvalue weighted by molar-refractivity contribution is -0.386. The zero-order valence-electron chi connectivity index (χ0n) is 8.37. The SMILES string of the molecule is O=C(O)CCC(O)c1ccccc1[N+](=O)[O-]. The zero-order valence-corrected chi connectivity index (χ0v) is 8.37. The number of rotatable bonds is 5. The van der Waals surface area contributed by atoms with Crippen molar-refractivity contribution < 1.29 is 19.9 Å². The number of carboxylic acids is 1. The highest BCUT2D eigenvalue weighted by atomic mass is 16.6. The zero-order chi connectivity index (χ0) is 12.1. The van der Waals surface area contributed by atoms with Gasteiger partial charge >= 0.3 is 5.97 Å². The molecule has 0 aliphatic heterocycles. The van der Waals surface area contributed by atoms with E-state index in [0.29, 0.717) is 0 Å². The summed E-state index contributed by atoms with van der Waals surface area (Å²) in [5.74, 6) is -1.04. The van der Waals surface area contributed by atoms with Crippen LogP contribution in [-0.4, -0.2) is 21.1 Å². The Morgan fingerprint density at radius 2 is 2.06 bits per heavy atom. The van der Waals surface area contributed by atoms with E-state index < -0.39 is 17.0 Å². The Morgan fingerprint density at radius 1 is 1.44 bits per heavy atom. The van der Waals surface area contributed by atoms with Crippen LogP contribution < -0.4 is 0 Å². The first-order valence-electron chi connectivity index (χ1n) is 4.65.